The van der Waals surface area contributed by atoms with Gasteiger partial charge in [-0.15, -0.1) is 5.10 Å². The number of nitrogens with one attached hydrogen (secondary N) is 1. The number of carbonyl (C=O) groups excluding carboxylic acids is 2. The highest BCUT2D eigenvalue weighted by Crippen LogP contribution is 2.25. The number of aromatic nitrogens is 4. The van der Waals surface area contributed by atoms with Crippen LogP contribution in [0.5, 0.6) is 5.75 Å². The predicted octanol–water partition coefficient (Wildman–Crippen LogP) is 1.22. The lowest BCUT2D eigenvalue weighted by Gasteiger charge is -2.12. The number of tetrazole rings is 1. The Morgan fingerprint density at radius 2 is 2.08 bits per heavy atom. The molecule has 1 aromatic carbocycles. The first-order valence-corrected chi connectivity index (χ1v) is 9.15. The number of rotatable bonds is 9. The van der Waals surface area contributed by atoms with E-state index in [9.17, 15) is 9.59 Å². The predicted molar refractivity (Wildman–Crippen MR) is 95.3 cm³/mol. The summed E-state index contributed by atoms with van der Waals surface area (Å²) in [5.74, 6) is -0.250. The molecule has 0 aliphatic heterocycles. The van der Waals surface area contributed by atoms with Crippen molar-refractivity contribution < 1.29 is 19.1 Å². The van der Waals surface area contributed by atoms with E-state index in [0.29, 0.717) is 29.7 Å². The molecule has 1 aromatic heterocycles. The van der Waals surface area contributed by atoms with Crippen molar-refractivity contribution in [2.75, 3.05) is 18.9 Å². The molecule has 2 aromatic rings. The lowest BCUT2D eigenvalue weighted by atomic mass is 10.3. The highest BCUT2D eigenvalue weighted by atomic mass is 32.2. The van der Waals surface area contributed by atoms with Crippen molar-refractivity contribution in [3.63, 3.8) is 0 Å². The largest absolute Gasteiger partial charge is 0.492 e. The third-order valence-electron chi connectivity index (χ3n) is 3.18. The number of ether oxygens (including phenoxy) is 2. The molecule has 0 aliphatic carbocycles. The second-order valence-electron chi connectivity index (χ2n) is 5.09. The molecule has 0 spiro atoms. The number of hydrogen-bond acceptors (Lipinski definition) is 8. The molecule has 10 heteroatoms. The van der Waals surface area contributed by atoms with Crippen molar-refractivity contribution in [2.24, 2.45) is 0 Å². The van der Waals surface area contributed by atoms with Crippen molar-refractivity contribution >= 4 is 23.6 Å². The Bertz CT molecular complexity index is 752. The van der Waals surface area contributed by atoms with E-state index in [-0.39, 0.29) is 11.7 Å². The Kier molecular flexibility index (Phi) is 7.39. The van der Waals surface area contributed by atoms with Crippen LogP contribution in [0.3, 0.4) is 0 Å². The van der Waals surface area contributed by atoms with Crippen LogP contribution in [0.15, 0.2) is 29.4 Å². The molecule has 1 N–H and O–H groups in total. The van der Waals surface area contributed by atoms with Crippen LogP contribution in [0, 0.1) is 0 Å². The quantitative estimate of drug-likeness (QED) is 0.512. The first-order valence-electron chi connectivity index (χ1n) is 8.17. The van der Waals surface area contributed by atoms with E-state index < -0.39 is 12.1 Å². The molecule has 2 rings (SSSR count). The monoisotopic (exact) mass is 379 g/mol. The minimum atomic E-state index is -0.849. The number of likely N-dealkylation sites (N-methyl/N-ethyl adjacent to an activating group) is 1. The number of carbonyl (C=O) groups is 2. The first kappa shape index (κ1) is 19.7. The van der Waals surface area contributed by atoms with Gasteiger partial charge < -0.3 is 14.8 Å². The number of thioether (sulfide) groups is 1. The van der Waals surface area contributed by atoms with Gasteiger partial charge >= 0.3 is 5.97 Å². The van der Waals surface area contributed by atoms with Gasteiger partial charge in [0.2, 0.25) is 5.16 Å². The van der Waals surface area contributed by atoms with Crippen LogP contribution in [-0.4, -0.2) is 57.1 Å². The maximum Gasteiger partial charge on any atom is 0.317 e. The van der Waals surface area contributed by atoms with Gasteiger partial charge in [0.1, 0.15) is 11.4 Å². The topological polar surface area (TPSA) is 108 Å². The van der Waals surface area contributed by atoms with Crippen LogP contribution >= 0.6 is 11.8 Å². The third-order valence-corrected chi connectivity index (χ3v) is 4.07. The fourth-order valence-electron chi connectivity index (χ4n) is 2.06. The molecule has 26 heavy (non-hydrogen) atoms. The fraction of sp³-hybridized carbons (Fsp3) is 0.438. The van der Waals surface area contributed by atoms with E-state index in [2.05, 4.69) is 20.8 Å². The van der Waals surface area contributed by atoms with Gasteiger partial charge in [-0.3, -0.25) is 9.59 Å². The van der Waals surface area contributed by atoms with E-state index >= 15 is 0 Å². The van der Waals surface area contributed by atoms with Crippen molar-refractivity contribution in [2.45, 2.75) is 32.0 Å². The Morgan fingerprint density at radius 1 is 1.31 bits per heavy atom. The second-order valence-corrected chi connectivity index (χ2v) is 6.03. The summed E-state index contributed by atoms with van der Waals surface area (Å²) in [4.78, 5) is 23.6. The Morgan fingerprint density at radius 3 is 2.81 bits per heavy atom. The number of benzene rings is 1. The zero-order chi connectivity index (χ0) is 18.9. The summed E-state index contributed by atoms with van der Waals surface area (Å²) in [5.41, 5.74) is 0.672. The van der Waals surface area contributed by atoms with Crippen LogP contribution in [0.1, 0.15) is 20.8 Å². The van der Waals surface area contributed by atoms with Gasteiger partial charge in [0, 0.05) is 6.54 Å². The molecule has 1 heterocycles. The summed E-state index contributed by atoms with van der Waals surface area (Å²) in [6.07, 6.45) is -0.849. The summed E-state index contributed by atoms with van der Waals surface area (Å²) in [6, 6.07) is 7.33. The zero-order valence-electron chi connectivity index (χ0n) is 14.8. The fourth-order valence-corrected chi connectivity index (χ4v) is 2.72. The third kappa shape index (κ3) is 5.19. The molecule has 1 atom stereocenters. The second kappa shape index (κ2) is 9.76. The van der Waals surface area contributed by atoms with E-state index in [4.69, 9.17) is 9.47 Å². The van der Waals surface area contributed by atoms with Gasteiger partial charge in [-0.05, 0) is 43.3 Å². The average molecular weight is 379 g/mol. The molecule has 1 amide bonds. The molecule has 0 saturated heterocycles. The molecular weight excluding hydrogens is 358 g/mol. The van der Waals surface area contributed by atoms with E-state index in [1.54, 1.807) is 6.92 Å². The molecule has 0 bridgehead atoms. The highest BCUT2D eigenvalue weighted by Gasteiger charge is 2.19. The molecule has 0 radical (unpaired) electrons. The number of esters is 1. The average Bonchev–Trinajstić information content (AvgIpc) is 3.09. The maximum atomic E-state index is 11.9. The van der Waals surface area contributed by atoms with Gasteiger partial charge in [0.05, 0.1) is 12.4 Å². The maximum absolute atomic E-state index is 11.9. The number of para-hydroxylation sites is 2. The smallest absolute Gasteiger partial charge is 0.317 e. The van der Waals surface area contributed by atoms with Gasteiger partial charge in [-0.1, -0.05) is 23.9 Å². The van der Waals surface area contributed by atoms with Crippen molar-refractivity contribution in [3.05, 3.63) is 24.3 Å². The van der Waals surface area contributed by atoms with E-state index in [1.807, 2.05) is 31.2 Å². The lowest BCUT2D eigenvalue weighted by molar-refractivity contribution is -0.152. The van der Waals surface area contributed by atoms with Crippen LogP contribution in [0.2, 0.25) is 0 Å². The molecule has 0 saturated carbocycles. The van der Waals surface area contributed by atoms with Gasteiger partial charge in [-0.2, -0.15) is 4.68 Å². The standard InChI is InChI=1S/C16H21N5O4S/c1-4-17-15(23)11(3)25-14(22)10-26-16-18-19-20-21(16)12-8-6-7-9-13(12)24-5-2/h6-9,11H,4-5,10H2,1-3H3,(H,17,23)/t11-/m0/s1. The van der Waals surface area contributed by atoms with Gasteiger partial charge in [-0.25, -0.2) is 0 Å². The number of amides is 1. The molecule has 9 nitrogen and oxygen atoms in total. The van der Waals surface area contributed by atoms with Crippen LogP contribution in [0.25, 0.3) is 5.69 Å². The molecule has 0 fully saturated rings. The number of nitrogens with zero attached hydrogens (tertiary/aromatic N) is 4. The van der Waals surface area contributed by atoms with Crippen molar-refractivity contribution in [1.29, 1.82) is 0 Å². The Labute approximate surface area is 155 Å². The summed E-state index contributed by atoms with van der Waals surface area (Å²) in [7, 11) is 0. The lowest BCUT2D eigenvalue weighted by Crippen LogP contribution is -2.35. The Hall–Kier alpha value is -2.62. The minimum Gasteiger partial charge on any atom is -0.492 e. The molecule has 140 valence electrons. The molecule has 0 aliphatic rings. The first-order chi connectivity index (χ1) is 12.6. The summed E-state index contributed by atoms with van der Waals surface area (Å²) in [6.45, 7) is 6.19. The van der Waals surface area contributed by atoms with Crippen LogP contribution < -0.4 is 10.1 Å². The van der Waals surface area contributed by atoms with Crippen molar-refractivity contribution in [3.8, 4) is 11.4 Å². The SMILES string of the molecule is CCNC(=O)[C@H](C)OC(=O)CSc1nnnn1-c1ccccc1OCC. The summed E-state index contributed by atoms with van der Waals surface area (Å²) >= 11 is 1.12. The van der Waals surface area contributed by atoms with Gasteiger partial charge in [0.15, 0.2) is 6.10 Å². The Balaban J connectivity index is 2.01. The molecule has 0 unspecified atom stereocenters. The van der Waals surface area contributed by atoms with Crippen molar-refractivity contribution in [1.82, 2.24) is 25.5 Å². The highest BCUT2D eigenvalue weighted by molar-refractivity contribution is 7.99. The number of hydrogen-bond donors (Lipinski definition) is 1. The van der Waals surface area contributed by atoms with Gasteiger partial charge in [0.25, 0.3) is 5.91 Å². The van der Waals surface area contributed by atoms with E-state index in [0.717, 1.165) is 11.8 Å². The van der Waals surface area contributed by atoms with E-state index in [1.165, 1.54) is 11.6 Å². The van der Waals surface area contributed by atoms with Crippen LogP contribution in [0.4, 0.5) is 0 Å². The minimum absolute atomic E-state index is 0.0269. The molecular formula is C16H21N5O4S. The normalized spacial score (nSPS) is 11.7. The zero-order valence-corrected chi connectivity index (χ0v) is 15.7. The summed E-state index contributed by atoms with van der Waals surface area (Å²) < 4.78 is 12.2. The van der Waals surface area contributed by atoms with Crippen LogP contribution in [-0.2, 0) is 14.3 Å². The summed E-state index contributed by atoms with van der Waals surface area (Å²) in [5, 5.41) is 14.6.